The van der Waals surface area contributed by atoms with E-state index in [0.717, 1.165) is 28.2 Å². The fourth-order valence-electron chi connectivity index (χ4n) is 2.46. The molecule has 0 fully saturated rings. The number of aryl methyl sites for hydroxylation is 2. The Bertz CT molecular complexity index is 741. The molecular weight excluding hydrogens is 280 g/mol. The number of fused-ring (bicyclic) bond motifs is 1. The average molecular weight is 298 g/mol. The van der Waals surface area contributed by atoms with Crippen molar-refractivity contribution >= 4 is 22.1 Å². The first kappa shape index (κ1) is 14.1. The van der Waals surface area contributed by atoms with Gasteiger partial charge in [-0.05, 0) is 25.3 Å². The molecule has 0 bridgehead atoms. The van der Waals surface area contributed by atoms with E-state index in [9.17, 15) is 0 Å². The number of nitrogens with one attached hydrogen (secondary N) is 1. The molecular formula is C16H18N4S. The molecule has 4 nitrogen and oxygen atoms in total. The molecule has 0 radical (unpaired) electrons. The van der Waals surface area contributed by atoms with Gasteiger partial charge in [-0.15, -0.1) is 11.3 Å². The molecule has 0 spiro atoms. The summed E-state index contributed by atoms with van der Waals surface area (Å²) in [7, 11) is 0. The van der Waals surface area contributed by atoms with E-state index in [2.05, 4.69) is 34.5 Å². The van der Waals surface area contributed by atoms with Gasteiger partial charge in [0.05, 0.1) is 22.4 Å². The minimum absolute atomic E-state index is 0.0407. The van der Waals surface area contributed by atoms with Gasteiger partial charge in [0.15, 0.2) is 0 Å². The van der Waals surface area contributed by atoms with Crippen LogP contribution in [-0.4, -0.2) is 9.97 Å². The molecule has 3 aromatic rings. The number of nitrogens with two attached hydrogens (primary N) is 1. The summed E-state index contributed by atoms with van der Waals surface area (Å²) in [5, 5.41) is 3.39. The summed E-state index contributed by atoms with van der Waals surface area (Å²) in [6.45, 7) is 4.13. The summed E-state index contributed by atoms with van der Waals surface area (Å²) in [5.41, 5.74) is 4.96. The first-order chi connectivity index (χ1) is 10.2. The second kappa shape index (κ2) is 5.89. The number of thiazole rings is 1. The van der Waals surface area contributed by atoms with Crippen molar-refractivity contribution in [1.82, 2.24) is 15.4 Å². The van der Waals surface area contributed by atoms with Gasteiger partial charge >= 0.3 is 0 Å². The molecule has 108 valence electrons. The zero-order valence-electron chi connectivity index (χ0n) is 12.1. The van der Waals surface area contributed by atoms with Crippen LogP contribution in [0.1, 0.15) is 27.3 Å². The van der Waals surface area contributed by atoms with E-state index < -0.39 is 0 Å². The highest BCUT2D eigenvalue weighted by Gasteiger charge is 2.17. The third kappa shape index (κ3) is 2.81. The van der Waals surface area contributed by atoms with Gasteiger partial charge in [-0.2, -0.15) is 0 Å². The van der Waals surface area contributed by atoms with Gasteiger partial charge in [-0.3, -0.25) is 16.3 Å². The van der Waals surface area contributed by atoms with Crippen molar-refractivity contribution < 1.29 is 0 Å². The highest BCUT2D eigenvalue weighted by Crippen LogP contribution is 2.26. The van der Waals surface area contributed by atoms with Gasteiger partial charge in [-0.25, -0.2) is 4.98 Å². The second-order valence-electron chi connectivity index (χ2n) is 5.09. The van der Waals surface area contributed by atoms with Crippen molar-refractivity contribution in [2.24, 2.45) is 5.84 Å². The summed E-state index contributed by atoms with van der Waals surface area (Å²) in [6, 6.07) is 10.2. The lowest BCUT2D eigenvalue weighted by molar-refractivity contribution is 0.541. The molecule has 1 atom stereocenters. The highest BCUT2D eigenvalue weighted by atomic mass is 32.1. The SMILES string of the molecule is Cc1nc(CC(NN)c2nccc3ccccc23)sc1C. The van der Waals surface area contributed by atoms with Gasteiger partial charge in [0, 0.05) is 22.9 Å². The monoisotopic (exact) mass is 298 g/mol. The second-order valence-corrected chi connectivity index (χ2v) is 6.38. The molecule has 3 rings (SSSR count). The van der Waals surface area contributed by atoms with Crippen LogP contribution in [0, 0.1) is 13.8 Å². The van der Waals surface area contributed by atoms with Gasteiger partial charge < -0.3 is 0 Å². The third-order valence-corrected chi connectivity index (χ3v) is 4.78. The van der Waals surface area contributed by atoms with E-state index in [4.69, 9.17) is 5.84 Å². The number of nitrogens with zero attached hydrogens (tertiary/aromatic N) is 2. The summed E-state index contributed by atoms with van der Waals surface area (Å²) < 4.78 is 0. The molecule has 2 aromatic heterocycles. The van der Waals surface area contributed by atoms with Crippen LogP contribution >= 0.6 is 11.3 Å². The first-order valence-electron chi connectivity index (χ1n) is 6.91. The van der Waals surface area contributed by atoms with Crippen molar-refractivity contribution in [2.45, 2.75) is 26.3 Å². The van der Waals surface area contributed by atoms with Crippen LogP contribution in [0.2, 0.25) is 0 Å². The molecule has 0 aliphatic rings. The van der Waals surface area contributed by atoms with E-state index >= 15 is 0 Å². The Morgan fingerprint density at radius 2 is 2.05 bits per heavy atom. The van der Waals surface area contributed by atoms with Crippen molar-refractivity contribution in [2.75, 3.05) is 0 Å². The molecule has 0 aliphatic heterocycles. The van der Waals surface area contributed by atoms with E-state index in [-0.39, 0.29) is 6.04 Å². The standard InChI is InChI=1S/C16H18N4S/c1-10-11(2)21-15(19-10)9-14(20-17)16-13-6-4-3-5-12(13)7-8-18-16/h3-8,14,20H,9,17H2,1-2H3. The summed E-state index contributed by atoms with van der Waals surface area (Å²) >= 11 is 1.72. The number of hydrazine groups is 1. The topological polar surface area (TPSA) is 63.8 Å². The largest absolute Gasteiger partial charge is 0.271 e. The van der Waals surface area contributed by atoms with E-state index in [1.54, 1.807) is 11.3 Å². The van der Waals surface area contributed by atoms with Crippen LogP contribution in [0.25, 0.3) is 10.8 Å². The maximum absolute atomic E-state index is 5.78. The molecule has 1 unspecified atom stereocenters. The summed E-state index contributed by atoms with van der Waals surface area (Å²) in [6.07, 6.45) is 2.58. The summed E-state index contributed by atoms with van der Waals surface area (Å²) in [5.74, 6) is 5.78. The number of hydrogen-bond acceptors (Lipinski definition) is 5. The van der Waals surface area contributed by atoms with Crippen LogP contribution in [0.15, 0.2) is 36.5 Å². The van der Waals surface area contributed by atoms with Gasteiger partial charge in [0.2, 0.25) is 0 Å². The van der Waals surface area contributed by atoms with Crippen molar-refractivity contribution in [3.63, 3.8) is 0 Å². The maximum atomic E-state index is 5.78. The maximum Gasteiger partial charge on any atom is 0.0950 e. The van der Waals surface area contributed by atoms with E-state index in [1.165, 1.54) is 10.3 Å². The van der Waals surface area contributed by atoms with Gasteiger partial charge in [-0.1, -0.05) is 24.3 Å². The quantitative estimate of drug-likeness (QED) is 0.574. The first-order valence-corrected chi connectivity index (χ1v) is 7.73. The van der Waals surface area contributed by atoms with Gasteiger partial charge in [0.1, 0.15) is 0 Å². The van der Waals surface area contributed by atoms with E-state index in [0.29, 0.717) is 0 Å². The molecule has 0 saturated heterocycles. The molecule has 0 amide bonds. The Morgan fingerprint density at radius 1 is 1.24 bits per heavy atom. The zero-order valence-corrected chi connectivity index (χ0v) is 12.9. The predicted molar refractivity (Wildman–Crippen MR) is 87.1 cm³/mol. The zero-order chi connectivity index (χ0) is 14.8. The minimum atomic E-state index is -0.0407. The number of benzene rings is 1. The lowest BCUT2D eigenvalue weighted by Gasteiger charge is -2.16. The molecule has 2 heterocycles. The number of hydrogen-bond donors (Lipinski definition) is 2. The van der Waals surface area contributed by atoms with Crippen molar-refractivity contribution in [3.8, 4) is 0 Å². The highest BCUT2D eigenvalue weighted by molar-refractivity contribution is 7.11. The molecule has 0 aliphatic carbocycles. The van der Waals surface area contributed by atoms with Crippen LogP contribution < -0.4 is 11.3 Å². The lowest BCUT2D eigenvalue weighted by atomic mass is 10.0. The Labute approximate surface area is 128 Å². The minimum Gasteiger partial charge on any atom is -0.271 e. The fraction of sp³-hybridized carbons (Fsp3) is 0.250. The Balaban J connectivity index is 1.98. The molecule has 3 N–H and O–H groups in total. The van der Waals surface area contributed by atoms with Crippen LogP contribution in [0.4, 0.5) is 0 Å². The lowest BCUT2D eigenvalue weighted by Crippen LogP contribution is -2.30. The Hall–Kier alpha value is -1.82. The van der Waals surface area contributed by atoms with Crippen molar-refractivity contribution in [1.29, 1.82) is 0 Å². The van der Waals surface area contributed by atoms with Crippen LogP contribution in [0.3, 0.4) is 0 Å². The molecule has 1 aromatic carbocycles. The molecule has 21 heavy (non-hydrogen) atoms. The predicted octanol–water partition coefficient (Wildman–Crippen LogP) is 3.06. The van der Waals surface area contributed by atoms with E-state index in [1.807, 2.05) is 31.3 Å². The number of rotatable bonds is 4. The van der Waals surface area contributed by atoms with Crippen molar-refractivity contribution in [3.05, 3.63) is 57.8 Å². The molecule has 5 heteroatoms. The number of aromatic nitrogens is 2. The smallest absolute Gasteiger partial charge is 0.0950 e. The Morgan fingerprint density at radius 3 is 2.76 bits per heavy atom. The Kier molecular flexibility index (Phi) is 3.96. The average Bonchev–Trinajstić information content (AvgIpc) is 2.82. The van der Waals surface area contributed by atoms with Crippen LogP contribution in [0.5, 0.6) is 0 Å². The van der Waals surface area contributed by atoms with Gasteiger partial charge in [0.25, 0.3) is 0 Å². The molecule has 0 saturated carbocycles. The summed E-state index contributed by atoms with van der Waals surface area (Å²) in [4.78, 5) is 10.4. The normalized spacial score (nSPS) is 12.7. The van der Waals surface area contributed by atoms with Crippen LogP contribution in [-0.2, 0) is 6.42 Å². The fourth-order valence-corrected chi connectivity index (χ4v) is 3.44. The third-order valence-electron chi connectivity index (χ3n) is 3.69. The number of pyridine rings is 1.